The molecule has 0 N–H and O–H groups in total. The molecule has 0 radical (unpaired) electrons. The van der Waals surface area contributed by atoms with Crippen molar-refractivity contribution < 1.29 is 4.74 Å². The standard InChI is InChI=1S/C35H35N3O/c1-36(2)30-14-6-26(7-15-30)28-10-18-32(19-11-28)38(34-22-24-35(39-5)25-23-34)33-20-12-29(13-21-33)27-8-16-31(17-9-27)37(3)4/h6-25H,1-5H3. The van der Waals surface area contributed by atoms with Crippen LogP contribution in [0.4, 0.5) is 28.4 Å². The van der Waals surface area contributed by atoms with Gasteiger partial charge < -0.3 is 19.4 Å². The van der Waals surface area contributed by atoms with E-state index in [4.69, 9.17) is 4.74 Å². The molecule has 0 bridgehead atoms. The summed E-state index contributed by atoms with van der Waals surface area (Å²) in [5.74, 6) is 0.840. The summed E-state index contributed by atoms with van der Waals surface area (Å²) in [7, 11) is 9.94. The van der Waals surface area contributed by atoms with Gasteiger partial charge in [-0.1, -0.05) is 48.5 Å². The van der Waals surface area contributed by atoms with Crippen molar-refractivity contribution in [2.45, 2.75) is 0 Å². The number of methoxy groups -OCH3 is 1. The molecule has 0 heterocycles. The highest BCUT2D eigenvalue weighted by atomic mass is 16.5. The van der Waals surface area contributed by atoms with Crippen LogP contribution in [0.2, 0.25) is 0 Å². The Kier molecular flexibility index (Phi) is 7.55. The van der Waals surface area contributed by atoms with Crippen molar-refractivity contribution in [3.05, 3.63) is 121 Å². The van der Waals surface area contributed by atoms with Crippen LogP contribution < -0.4 is 19.4 Å². The quantitative estimate of drug-likeness (QED) is 0.207. The maximum atomic E-state index is 5.41. The zero-order valence-corrected chi connectivity index (χ0v) is 23.3. The van der Waals surface area contributed by atoms with Crippen LogP contribution in [0.15, 0.2) is 121 Å². The lowest BCUT2D eigenvalue weighted by Crippen LogP contribution is -2.10. The third-order valence-corrected chi connectivity index (χ3v) is 7.02. The second-order valence-corrected chi connectivity index (χ2v) is 10.0. The first-order chi connectivity index (χ1) is 18.9. The Morgan fingerprint density at radius 2 is 0.615 bits per heavy atom. The number of benzene rings is 5. The van der Waals surface area contributed by atoms with Crippen molar-refractivity contribution in [2.75, 3.05) is 50.0 Å². The monoisotopic (exact) mass is 513 g/mol. The van der Waals surface area contributed by atoms with Crippen LogP contribution in [0.1, 0.15) is 0 Å². The van der Waals surface area contributed by atoms with Crippen LogP contribution in [0, 0.1) is 0 Å². The SMILES string of the molecule is COc1ccc(N(c2ccc(-c3ccc(N(C)C)cc3)cc2)c2ccc(-c3ccc(N(C)C)cc3)cc2)cc1. The van der Waals surface area contributed by atoms with Gasteiger partial charge in [0.2, 0.25) is 0 Å². The Morgan fingerprint density at radius 1 is 0.359 bits per heavy atom. The van der Waals surface area contributed by atoms with Gasteiger partial charge in [-0.25, -0.2) is 0 Å². The zero-order valence-electron chi connectivity index (χ0n) is 23.3. The van der Waals surface area contributed by atoms with Gasteiger partial charge in [0.15, 0.2) is 0 Å². The fourth-order valence-electron chi connectivity index (χ4n) is 4.69. The topological polar surface area (TPSA) is 19.0 Å². The minimum atomic E-state index is 0.840. The average molecular weight is 514 g/mol. The maximum absolute atomic E-state index is 5.41. The largest absolute Gasteiger partial charge is 0.497 e. The van der Waals surface area contributed by atoms with Crippen molar-refractivity contribution in [3.63, 3.8) is 0 Å². The molecule has 39 heavy (non-hydrogen) atoms. The fraction of sp³-hybridized carbons (Fsp3) is 0.143. The molecule has 0 aliphatic carbocycles. The molecule has 0 saturated heterocycles. The van der Waals surface area contributed by atoms with Crippen molar-refractivity contribution in [1.29, 1.82) is 0 Å². The fourth-order valence-corrected chi connectivity index (χ4v) is 4.69. The number of ether oxygens (including phenoxy) is 1. The van der Waals surface area contributed by atoms with Gasteiger partial charge >= 0.3 is 0 Å². The Bertz CT molecular complexity index is 1390. The van der Waals surface area contributed by atoms with Crippen molar-refractivity contribution in [2.24, 2.45) is 0 Å². The van der Waals surface area contributed by atoms with E-state index in [-0.39, 0.29) is 0 Å². The first-order valence-electron chi connectivity index (χ1n) is 13.1. The van der Waals surface area contributed by atoms with Crippen molar-refractivity contribution in [3.8, 4) is 28.0 Å². The van der Waals surface area contributed by atoms with Gasteiger partial charge in [0.25, 0.3) is 0 Å². The Morgan fingerprint density at radius 3 is 0.872 bits per heavy atom. The van der Waals surface area contributed by atoms with Gasteiger partial charge in [-0.2, -0.15) is 0 Å². The van der Waals surface area contributed by atoms with Gasteiger partial charge in [-0.15, -0.1) is 0 Å². The number of anilines is 5. The normalized spacial score (nSPS) is 10.7. The first kappa shape index (κ1) is 25.9. The number of rotatable bonds is 8. The summed E-state index contributed by atoms with van der Waals surface area (Å²) in [6.45, 7) is 0. The highest BCUT2D eigenvalue weighted by Crippen LogP contribution is 2.37. The molecule has 0 spiro atoms. The number of nitrogens with zero attached hydrogens (tertiary/aromatic N) is 3. The van der Waals surface area contributed by atoms with Gasteiger partial charge in [-0.05, 0) is 95.1 Å². The number of hydrogen-bond acceptors (Lipinski definition) is 4. The highest BCUT2D eigenvalue weighted by Gasteiger charge is 2.14. The molecule has 0 aliphatic rings. The molecule has 0 aromatic heterocycles. The first-order valence-corrected chi connectivity index (χ1v) is 13.1. The lowest BCUT2D eigenvalue weighted by molar-refractivity contribution is 0.415. The van der Waals surface area contributed by atoms with Gasteiger partial charge in [-0.3, -0.25) is 0 Å². The van der Waals surface area contributed by atoms with E-state index in [1.165, 1.54) is 33.6 Å². The molecule has 0 unspecified atom stereocenters. The van der Waals surface area contributed by atoms with Crippen LogP contribution in [-0.2, 0) is 0 Å². The molecule has 4 heteroatoms. The molecule has 0 saturated carbocycles. The summed E-state index contributed by atoms with van der Waals surface area (Å²) in [6, 6.07) is 43.0. The minimum absolute atomic E-state index is 0.840. The van der Waals surface area contributed by atoms with Crippen molar-refractivity contribution >= 4 is 28.4 Å². The molecule has 0 amide bonds. The third kappa shape index (κ3) is 5.75. The van der Waals surface area contributed by atoms with Gasteiger partial charge in [0.1, 0.15) is 5.75 Å². The van der Waals surface area contributed by atoms with Crippen LogP contribution in [0.3, 0.4) is 0 Å². The summed E-state index contributed by atoms with van der Waals surface area (Å²) in [5.41, 5.74) is 10.4. The predicted octanol–water partition coefficient (Wildman–Crippen LogP) is 8.63. The summed E-state index contributed by atoms with van der Waals surface area (Å²) in [4.78, 5) is 6.50. The average Bonchev–Trinajstić information content (AvgIpc) is 2.98. The van der Waals surface area contributed by atoms with Crippen LogP contribution in [0.5, 0.6) is 5.75 Å². The molecule has 4 nitrogen and oxygen atoms in total. The van der Waals surface area contributed by atoms with E-state index < -0.39 is 0 Å². The van der Waals surface area contributed by atoms with E-state index in [1.807, 2.05) is 12.1 Å². The molecular weight excluding hydrogens is 478 g/mol. The second kappa shape index (κ2) is 11.4. The Labute approximate surface area is 232 Å². The predicted molar refractivity (Wildman–Crippen MR) is 167 cm³/mol. The molecule has 196 valence electrons. The lowest BCUT2D eigenvalue weighted by atomic mass is 10.0. The summed E-state index contributed by atoms with van der Waals surface area (Å²) in [6.07, 6.45) is 0. The third-order valence-electron chi connectivity index (χ3n) is 7.02. The van der Waals surface area contributed by atoms with E-state index in [9.17, 15) is 0 Å². The summed E-state index contributed by atoms with van der Waals surface area (Å²) in [5, 5.41) is 0. The van der Waals surface area contributed by atoms with E-state index >= 15 is 0 Å². The van der Waals surface area contributed by atoms with Crippen LogP contribution in [0.25, 0.3) is 22.3 Å². The molecule has 5 aromatic carbocycles. The molecule has 5 rings (SSSR count). The van der Waals surface area contributed by atoms with E-state index in [0.29, 0.717) is 0 Å². The van der Waals surface area contributed by atoms with Crippen LogP contribution >= 0.6 is 0 Å². The van der Waals surface area contributed by atoms with E-state index in [1.54, 1.807) is 7.11 Å². The summed E-state index contributed by atoms with van der Waals surface area (Å²) >= 11 is 0. The summed E-state index contributed by atoms with van der Waals surface area (Å²) < 4.78 is 5.41. The van der Waals surface area contributed by atoms with Gasteiger partial charge in [0, 0.05) is 56.6 Å². The molecule has 0 aliphatic heterocycles. The molecule has 5 aromatic rings. The minimum Gasteiger partial charge on any atom is -0.497 e. The Hall–Kier alpha value is -4.70. The lowest BCUT2D eigenvalue weighted by Gasteiger charge is -2.26. The smallest absolute Gasteiger partial charge is 0.119 e. The Balaban J connectivity index is 1.47. The molecule has 0 fully saturated rings. The van der Waals surface area contributed by atoms with E-state index in [2.05, 4.69) is 152 Å². The second-order valence-electron chi connectivity index (χ2n) is 10.0. The molecular formula is C35H35N3O. The maximum Gasteiger partial charge on any atom is 0.119 e. The highest BCUT2D eigenvalue weighted by molar-refractivity contribution is 5.80. The van der Waals surface area contributed by atoms with Crippen LogP contribution in [-0.4, -0.2) is 35.3 Å². The zero-order chi connectivity index (χ0) is 27.4. The van der Waals surface area contributed by atoms with Gasteiger partial charge in [0.05, 0.1) is 7.11 Å². The number of hydrogen-bond donors (Lipinski definition) is 0. The molecule has 0 atom stereocenters. The van der Waals surface area contributed by atoms with Crippen molar-refractivity contribution in [1.82, 2.24) is 0 Å². The van der Waals surface area contributed by atoms with E-state index in [0.717, 1.165) is 22.8 Å².